The molecule has 118 valence electrons. The van der Waals surface area contributed by atoms with E-state index in [4.69, 9.17) is 11.6 Å². The van der Waals surface area contributed by atoms with E-state index in [2.05, 4.69) is 43.2 Å². The Morgan fingerprint density at radius 2 is 1.95 bits per heavy atom. The Bertz CT molecular complexity index is 679. The minimum absolute atomic E-state index is 0.0152. The molecule has 4 nitrogen and oxygen atoms in total. The number of aromatic nitrogens is 2. The van der Waals surface area contributed by atoms with E-state index in [0.717, 1.165) is 9.64 Å². The lowest BCUT2D eigenvalue weighted by Crippen LogP contribution is -2.13. The first-order valence-corrected chi connectivity index (χ1v) is 7.67. The summed E-state index contributed by atoms with van der Waals surface area (Å²) < 4.78 is 39.6. The number of benzene rings is 1. The molecule has 0 saturated heterocycles. The molecule has 1 heterocycles. The van der Waals surface area contributed by atoms with E-state index in [-0.39, 0.29) is 11.8 Å². The van der Waals surface area contributed by atoms with Crippen molar-refractivity contribution < 1.29 is 13.2 Å². The molecular formula is C13H11ClF3IN4. The molecule has 0 aliphatic rings. The zero-order valence-corrected chi connectivity index (χ0v) is 14.2. The van der Waals surface area contributed by atoms with E-state index in [1.165, 1.54) is 0 Å². The number of anilines is 3. The summed E-state index contributed by atoms with van der Waals surface area (Å²) in [6, 6.07) is 5.99. The minimum atomic E-state index is -4.56. The van der Waals surface area contributed by atoms with Gasteiger partial charge in [-0.15, -0.1) is 0 Å². The highest BCUT2D eigenvalue weighted by Crippen LogP contribution is 2.32. The highest BCUT2D eigenvalue weighted by Gasteiger charge is 2.33. The van der Waals surface area contributed by atoms with E-state index in [9.17, 15) is 13.2 Å². The summed E-state index contributed by atoms with van der Waals surface area (Å²) in [6.45, 7) is 2.15. The van der Waals surface area contributed by atoms with Crippen LogP contribution < -0.4 is 10.6 Å². The van der Waals surface area contributed by atoms with Gasteiger partial charge in [-0.25, -0.2) is 4.98 Å². The van der Waals surface area contributed by atoms with Crippen LogP contribution in [0.1, 0.15) is 12.6 Å². The van der Waals surface area contributed by atoms with Gasteiger partial charge in [0.05, 0.1) is 10.7 Å². The zero-order chi connectivity index (χ0) is 16.3. The summed E-state index contributed by atoms with van der Waals surface area (Å²) in [5, 5.41) is 5.85. The number of nitrogens with one attached hydrogen (secondary N) is 2. The van der Waals surface area contributed by atoms with Gasteiger partial charge in [0, 0.05) is 16.2 Å². The Balaban J connectivity index is 2.39. The summed E-state index contributed by atoms with van der Waals surface area (Å²) in [5.41, 5.74) is -0.557. The largest absolute Gasteiger partial charge is 0.433 e. The fourth-order valence-corrected chi connectivity index (χ4v) is 2.53. The average Bonchev–Trinajstić information content (AvgIpc) is 2.41. The maximum Gasteiger partial charge on any atom is 0.433 e. The van der Waals surface area contributed by atoms with E-state index in [1.807, 2.05) is 0 Å². The summed E-state index contributed by atoms with van der Waals surface area (Å²) in [7, 11) is 0. The molecule has 2 aromatic rings. The van der Waals surface area contributed by atoms with Crippen LogP contribution in [-0.2, 0) is 6.18 Å². The molecule has 0 bridgehead atoms. The van der Waals surface area contributed by atoms with Gasteiger partial charge in [-0.3, -0.25) is 0 Å². The first-order valence-electron chi connectivity index (χ1n) is 6.22. The van der Waals surface area contributed by atoms with Crippen LogP contribution in [0, 0.1) is 3.57 Å². The van der Waals surface area contributed by atoms with Crippen LogP contribution in [0.5, 0.6) is 0 Å². The van der Waals surface area contributed by atoms with Crippen LogP contribution in [0.3, 0.4) is 0 Å². The third-order valence-electron chi connectivity index (χ3n) is 2.55. The van der Waals surface area contributed by atoms with Crippen LogP contribution in [0.15, 0.2) is 24.3 Å². The molecular weight excluding hydrogens is 432 g/mol. The molecule has 1 aromatic carbocycles. The summed E-state index contributed by atoms with van der Waals surface area (Å²) >= 11 is 8.15. The number of halogens is 5. The second-order valence-electron chi connectivity index (χ2n) is 4.24. The topological polar surface area (TPSA) is 49.8 Å². The summed E-state index contributed by atoms with van der Waals surface area (Å²) in [6.07, 6.45) is -4.56. The third-order valence-corrected chi connectivity index (χ3v) is 3.53. The van der Waals surface area contributed by atoms with Crippen molar-refractivity contribution in [3.05, 3.63) is 38.6 Å². The van der Waals surface area contributed by atoms with Gasteiger partial charge in [-0.1, -0.05) is 11.6 Å². The smallest absolute Gasteiger partial charge is 0.354 e. The SMILES string of the molecule is CCNc1nc(Nc2ccc(I)cc2Cl)cc(C(F)(F)F)n1. The van der Waals surface area contributed by atoms with Gasteiger partial charge in [0.15, 0.2) is 5.69 Å². The molecule has 0 spiro atoms. The van der Waals surface area contributed by atoms with Crippen LogP contribution >= 0.6 is 34.2 Å². The molecule has 2 N–H and O–H groups in total. The predicted octanol–water partition coefficient (Wildman–Crippen LogP) is 4.93. The fraction of sp³-hybridized carbons (Fsp3) is 0.231. The van der Waals surface area contributed by atoms with Crippen molar-refractivity contribution >= 4 is 51.6 Å². The number of hydrogen-bond acceptors (Lipinski definition) is 4. The maximum atomic E-state index is 12.9. The zero-order valence-electron chi connectivity index (χ0n) is 11.3. The van der Waals surface area contributed by atoms with Crippen molar-refractivity contribution in [2.75, 3.05) is 17.2 Å². The lowest BCUT2D eigenvalue weighted by Gasteiger charge is -2.13. The minimum Gasteiger partial charge on any atom is -0.354 e. The van der Waals surface area contributed by atoms with Gasteiger partial charge in [0.25, 0.3) is 0 Å². The van der Waals surface area contributed by atoms with Crippen molar-refractivity contribution in [3.8, 4) is 0 Å². The molecule has 1 aromatic heterocycles. The molecule has 0 fully saturated rings. The standard InChI is InChI=1S/C13H11ClF3IN4/c1-2-19-12-21-10(13(15,16)17)6-11(22-12)20-9-4-3-7(18)5-8(9)14/h3-6H,2H2,1H3,(H2,19,20,21,22). The number of nitrogens with zero attached hydrogens (tertiary/aromatic N) is 2. The Morgan fingerprint density at radius 1 is 1.23 bits per heavy atom. The lowest BCUT2D eigenvalue weighted by atomic mass is 10.3. The van der Waals surface area contributed by atoms with Gasteiger partial charge >= 0.3 is 6.18 Å². The van der Waals surface area contributed by atoms with Crippen LogP contribution in [0.25, 0.3) is 0 Å². The van der Waals surface area contributed by atoms with Crippen LogP contribution in [-0.4, -0.2) is 16.5 Å². The van der Waals surface area contributed by atoms with Crippen molar-refractivity contribution in [3.63, 3.8) is 0 Å². The van der Waals surface area contributed by atoms with E-state index >= 15 is 0 Å². The van der Waals surface area contributed by atoms with E-state index in [1.54, 1.807) is 25.1 Å². The molecule has 9 heteroatoms. The van der Waals surface area contributed by atoms with Crippen LogP contribution in [0.2, 0.25) is 5.02 Å². The highest BCUT2D eigenvalue weighted by atomic mass is 127. The predicted molar refractivity (Wildman–Crippen MR) is 88.6 cm³/mol. The molecule has 0 amide bonds. The van der Waals surface area contributed by atoms with Gasteiger partial charge < -0.3 is 10.6 Å². The molecule has 0 aliphatic heterocycles. The Kier molecular flexibility index (Phi) is 5.32. The van der Waals surface area contributed by atoms with Crippen molar-refractivity contribution in [1.82, 2.24) is 9.97 Å². The number of alkyl halides is 3. The Hall–Kier alpha value is -1.29. The molecule has 0 unspecified atom stereocenters. The monoisotopic (exact) mass is 442 g/mol. The first kappa shape index (κ1) is 17.1. The fourth-order valence-electron chi connectivity index (χ4n) is 1.62. The molecule has 22 heavy (non-hydrogen) atoms. The normalized spacial score (nSPS) is 11.4. The Morgan fingerprint density at radius 3 is 2.55 bits per heavy atom. The van der Waals surface area contributed by atoms with Crippen molar-refractivity contribution in [1.29, 1.82) is 0 Å². The van der Waals surface area contributed by atoms with Crippen LogP contribution in [0.4, 0.5) is 30.6 Å². The second-order valence-corrected chi connectivity index (χ2v) is 5.89. The van der Waals surface area contributed by atoms with Gasteiger partial charge in [0.1, 0.15) is 5.82 Å². The Labute approximate surface area is 143 Å². The van der Waals surface area contributed by atoms with Gasteiger partial charge in [-0.05, 0) is 47.7 Å². The quantitative estimate of drug-likeness (QED) is 0.660. The van der Waals surface area contributed by atoms with Gasteiger partial charge in [0.2, 0.25) is 5.95 Å². The third kappa shape index (κ3) is 4.35. The number of hydrogen-bond donors (Lipinski definition) is 2. The van der Waals surface area contributed by atoms with Crippen molar-refractivity contribution in [2.45, 2.75) is 13.1 Å². The summed E-state index contributed by atoms with van der Waals surface area (Å²) in [5.74, 6) is -0.0807. The molecule has 2 rings (SSSR count). The second kappa shape index (κ2) is 6.86. The summed E-state index contributed by atoms with van der Waals surface area (Å²) in [4.78, 5) is 7.45. The lowest BCUT2D eigenvalue weighted by molar-refractivity contribution is -0.141. The van der Waals surface area contributed by atoms with E-state index in [0.29, 0.717) is 17.3 Å². The van der Waals surface area contributed by atoms with E-state index < -0.39 is 11.9 Å². The van der Waals surface area contributed by atoms with Gasteiger partial charge in [-0.2, -0.15) is 18.2 Å². The number of rotatable bonds is 4. The maximum absolute atomic E-state index is 12.9. The molecule has 0 saturated carbocycles. The molecule has 0 aliphatic carbocycles. The average molecular weight is 443 g/mol. The molecule has 0 radical (unpaired) electrons. The first-order chi connectivity index (χ1) is 10.3. The molecule has 0 atom stereocenters. The van der Waals surface area contributed by atoms with Crippen molar-refractivity contribution in [2.24, 2.45) is 0 Å². The highest BCUT2D eigenvalue weighted by molar-refractivity contribution is 14.1.